The Balaban J connectivity index is 1.40. The second kappa shape index (κ2) is 7.87. The largest absolute Gasteiger partial charge is 0.441 e. The number of hydrogen-bond donors (Lipinski definition) is 0. The summed E-state index contributed by atoms with van der Waals surface area (Å²) in [5.41, 5.74) is 4.28. The number of aromatic nitrogens is 1. The molecule has 3 heterocycles. The van der Waals surface area contributed by atoms with E-state index in [4.69, 9.17) is 9.72 Å². The number of carbonyl (C=O) groups is 2. The van der Waals surface area contributed by atoms with Gasteiger partial charge in [0.1, 0.15) is 11.4 Å². The van der Waals surface area contributed by atoms with Gasteiger partial charge in [-0.25, -0.2) is 9.78 Å². The fraction of sp³-hybridized carbons (Fsp3) is 0.458. The van der Waals surface area contributed by atoms with E-state index in [-0.39, 0.29) is 12.0 Å². The topological polar surface area (TPSA) is 66.0 Å². The molecule has 2 saturated heterocycles. The van der Waals surface area contributed by atoms with Crippen LogP contribution in [0.25, 0.3) is 0 Å². The molecule has 7 heteroatoms. The van der Waals surface area contributed by atoms with Crippen molar-refractivity contribution in [2.24, 2.45) is 0 Å². The average Bonchev–Trinajstić information content (AvgIpc) is 3.02. The zero-order chi connectivity index (χ0) is 22.3. The number of cyclic esters (lactones) is 1. The van der Waals surface area contributed by atoms with Crippen LogP contribution in [0.5, 0.6) is 0 Å². The summed E-state index contributed by atoms with van der Waals surface area (Å²) < 4.78 is 5.36. The third-order valence-electron chi connectivity index (χ3n) is 6.05. The van der Waals surface area contributed by atoms with Gasteiger partial charge in [-0.05, 0) is 70.0 Å². The minimum Gasteiger partial charge on any atom is -0.441 e. The summed E-state index contributed by atoms with van der Waals surface area (Å²) in [7, 11) is 0. The highest BCUT2D eigenvalue weighted by Crippen LogP contribution is 2.28. The number of nitrogens with zero attached hydrogens (tertiary/aromatic N) is 4. The lowest BCUT2D eigenvalue weighted by Gasteiger charge is -2.36. The molecule has 164 valence electrons. The van der Waals surface area contributed by atoms with Gasteiger partial charge in [-0.1, -0.05) is 6.07 Å². The van der Waals surface area contributed by atoms with E-state index in [1.165, 1.54) is 11.1 Å². The first-order valence-electron chi connectivity index (χ1n) is 10.7. The Kier molecular flexibility index (Phi) is 5.37. The molecular formula is C24H30N4O3. The Morgan fingerprint density at radius 2 is 1.65 bits per heavy atom. The van der Waals surface area contributed by atoms with E-state index in [1.807, 2.05) is 37.8 Å². The predicted octanol–water partition coefficient (Wildman–Crippen LogP) is 3.70. The molecule has 31 heavy (non-hydrogen) atoms. The predicted molar refractivity (Wildman–Crippen MR) is 121 cm³/mol. The van der Waals surface area contributed by atoms with Gasteiger partial charge < -0.3 is 14.5 Å². The van der Waals surface area contributed by atoms with Crippen LogP contribution >= 0.6 is 0 Å². The highest BCUT2D eigenvalue weighted by molar-refractivity contribution is 5.96. The Bertz CT molecular complexity index is 1010. The van der Waals surface area contributed by atoms with Crippen molar-refractivity contribution in [3.8, 4) is 0 Å². The number of hydrogen-bond acceptors (Lipinski definition) is 5. The lowest BCUT2D eigenvalue weighted by molar-refractivity contribution is 0.0746. The SMILES string of the molecule is Cc1cc(C)c(N2CCN(C(=O)c3ccc(N4CC(C)(C)OC4=O)cc3)CC2)nc1C. The van der Waals surface area contributed by atoms with E-state index < -0.39 is 5.60 Å². The molecule has 2 fully saturated rings. The fourth-order valence-electron chi connectivity index (χ4n) is 4.20. The molecule has 4 rings (SSSR count). The van der Waals surface area contributed by atoms with Crippen molar-refractivity contribution in [1.29, 1.82) is 0 Å². The number of carbonyl (C=O) groups excluding carboxylic acids is 2. The maximum Gasteiger partial charge on any atom is 0.415 e. The molecule has 0 aliphatic carbocycles. The van der Waals surface area contributed by atoms with Crippen LogP contribution in [0.4, 0.5) is 16.3 Å². The molecule has 0 N–H and O–H groups in total. The summed E-state index contributed by atoms with van der Waals surface area (Å²) >= 11 is 0. The number of rotatable bonds is 3. The summed E-state index contributed by atoms with van der Waals surface area (Å²) in [4.78, 5) is 35.6. The van der Waals surface area contributed by atoms with Crippen molar-refractivity contribution in [3.63, 3.8) is 0 Å². The summed E-state index contributed by atoms with van der Waals surface area (Å²) in [6.45, 7) is 13.3. The number of piperazine rings is 1. The Labute approximate surface area is 183 Å². The van der Waals surface area contributed by atoms with Gasteiger partial charge in [-0.3, -0.25) is 9.69 Å². The number of anilines is 2. The molecule has 7 nitrogen and oxygen atoms in total. The lowest BCUT2D eigenvalue weighted by atomic mass is 10.1. The second-order valence-electron chi connectivity index (χ2n) is 9.07. The van der Waals surface area contributed by atoms with E-state index in [0.29, 0.717) is 25.2 Å². The van der Waals surface area contributed by atoms with Crippen molar-refractivity contribution < 1.29 is 14.3 Å². The normalized spacial score (nSPS) is 18.4. The zero-order valence-corrected chi connectivity index (χ0v) is 18.9. The van der Waals surface area contributed by atoms with Crippen LogP contribution in [0.15, 0.2) is 30.3 Å². The monoisotopic (exact) mass is 422 g/mol. The second-order valence-corrected chi connectivity index (χ2v) is 9.07. The van der Waals surface area contributed by atoms with Gasteiger partial charge in [0.25, 0.3) is 5.91 Å². The molecule has 0 spiro atoms. The van der Waals surface area contributed by atoms with E-state index in [1.54, 1.807) is 17.0 Å². The van der Waals surface area contributed by atoms with Crippen LogP contribution in [0.3, 0.4) is 0 Å². The van der Waals surface area contributed by atoms with Gasteiger partial charge in [0.15, 0.2) is 0 Å². The Hall–Kier alpha value is -3.09. The van der Waals surface area contributed by atoms with Gasteiger partial charge in [-0.15, -0.1) is 0 Å². The molecule has 1 aromatic heterocycles. The molecule has 0 radical (unpaired) electrons. The maximum atomic E-state index is 13.0. The van der Waals surface area contributed by atoms with Crippen LogP contribution in [-0.4, -0.2) is 60.2 Å². The minimum atomic E-state index is -0.506. The highest BCUT2D eigenvalue weighted by atomic mass is 16.6. The van der Waals surface area contributed by atoms with Crippen LogP contribution in [-0.2, 0) is 4.74 Å². The fourth-order valence-corrected chi connectivity index (χ4v) is 4.20. The molecule has 0 saturated carbocycles. The smallest absolute Gasteiger partial charge is 0.415 e. The van der Waals surface area contributed by atoms with Crippen molar-refractivity contribution in [2.75, 3.05) is 42.5 Å². The molecule has 2 aromatic rings. The molecule has 2 aliphatic heterocycles. The van der Waals surface area contributed by atoms with E-state index in [0.717, 1.165) is 30.3 Å². The molecule has 1 aromatic carbocycles. The Morgan fingerprint density at radius 3 is 2.23 bits per heavy atom. The van der Waals surface area contributed by atoms with E-state index in [9.17, 15) is 9.59 Å². The summed E-state index contributed by atoms with van der Waals surface area (Å²) in [6.07, 6.45) is -0.351. The average molecular weight is 423 g/mol. The standard InChI is InChI=1S/C24H30N4O3/c1-16-14-17(2)21(25-18(16)3)26-10-12-27(13-11-26)22(29)19-6-8-20(9-7-19)28-15-24(4,5)31-23(28)30/h6-9,14H,10-13,15H2,1-5H3. The van der Waals surface area contributed by atoms with Crippen LogP contribution in [0.1, 0.15) is 41.0 Å². The number of aryl methyl sites for hydroxylation is 3. The van der Waals surface area contributed by atoms with Crippen molar-refractivity contribution in [3.05, 3.63) is 52.7 Å². The van der Waals surface area contributed by atoms with Crippen LogP contribution < -0.4 is 9.80 Å². The zero-order valence-electron chi connectivity index (χ0n) is 18.9. The molecule has 2 aliphatic rings. The number of amides is 2. The van der Waals surface area contributed by atoms with E-state index in [2.05, 4.69) is 24.8 Å². The first-order valence-corrected chi connectivity index (χ1v) is 10.7. The lowest BCUT2D eigenvalue weighted by Crippen LogP contribution is -2.49. The van der Waals surface area contributed by atoms with Crippen molar-refractivity contribution in [1.82, 2.24) is 9.88 Å². The molecule has 0 bridgehead atoms. The third kappa shape index (κ3) is 4.22. The molecule has 0 unspecified atom stereocenters. The van der Waals surface area contributed by atoms with Crippen molar-refractivity contribution >= 4 is 23.5 Å². The molecule has 2 amide bonds. The third-order valence-corrected chi connectivity index (χ3v) is 6.05. The van der Waals surface area contributed by atoms with Gasteiger partial charge in [0.2, 0.25) is 0 Å². The Morgan fingerprint density at radius 1 is 1.00 bits per heavy atom. The number of benzene rings is 1. The van der Waals surface area contributed by atoms with Gasteiger partial charge in [-0.2, -0.15) is 0 Å². The highest BCUT2D eigenvalue weighted by Gasteiger charge is 2.38. The molecular weight excluding hydrogens is 392 g/mol. The van der Waals surface area contributed by atoms with Crippen molar-refractivity contribution in [2.45, 2.75) is 40.2 Å². The first-order chi connectivity index (χ1) is 14.6. The first kappa shape index (κ1) is 21.2. The van der Waals surface area contributed by atoms with Gasteiger partial charge in [0, 0.05) is 43.1 Å². The maximum absolute atomic E-state index is 13.0. The quantitative estimate of drug-likeness (QED) is 0.755. The van der Waals surface area contributed by atoms with E-state index >= 15 is 0 Å². The van der Waals surface area contributed by atoms with Crippen LogP contribution in [0, 0.1) is 20.8 Å². The van der Waals surface area contributed by atoms with Gasteiger partial charge in [0.05, 0.1) is 6.54 Å². The van der Waals surface area contributed by atoms with Gasteiger partial charge >= 0.3 is 6.09 Å². The minimum absolute atomic E-state index is 0.0142. The number of pyridine rings is 1. The summed E-state index contributed by atoms with van der Waals surface area (Å²) in [6, 6.07) is 9.38. The summed E-state index contributed by atoms with van der Waals surface area (Å²) in [5, 5.41) is 0. The van der Waals surface area contributed by atoms with Crippen LogP contribution in [0.2, 0.25) is 0 Å². The number of ether oxygens (including phenoxy) is 1. The summed E-state index contributed by atoms with van der Waals surface area (Å²) in [5.74, 6) is 1.03. The molecule has 0 atom stereocenters.